The van der Waals surface area contributed by atoms with Crippen LogP contribution in [0.25, 0.3) is 5.57 Å². The van der Waals surface area contributed by atoms with Crippen molar-refractivity contribution < 1.29 is 31.5 Å². The summed E-state index contributed by atoms with van der Waals surface area (Å²) < 4.78 is 65.5. The molecule has 172 valence electrons. The fourth-order valence-electron chi connectivity index (χ4n) is 3.69. The summed E-state index contributed by atoms with van der Waals surface area (Å²) in [5.41, 5.74) is 0.418. The number of aromatic nitrogens is 1. The van der Waals surface area contributed by atoms with E-state index in [0.717, 1.165) is 6.26 Å². The Hall–Kier alpha value is -2.85. The fourth-order valence-corrected chi connectivity index (χ4v) is 4.32. The van der Waals surface area contributed by atoms with Crippen molar-refractivity contribution in [2.75, 3.05) is 18.2 Å². The van der Waals surface area contributed by atoms with Crippen molar-refractivity contribution in [3.8, 4) is 0 Å². The first-order chi connectivity index (χ1) is 14.9. The standard InChI is InChI=1S/C22H23F3N2O4S/c1-14-18(21(29)26-15-7-9-16(10-8-15)32(2,30)31)13-27(11-12-28)20(14)17-5-3-4-6-19(17)22(23,24)25/h3,5,7-10,13,28H,4,6,11-12H2,1-2H3,(H,26,29). The minimum Gasteiger partial charge on any atom is -0.395 e. The van der Waals surface area contributed by atoms with E-state index >= 15 is 0 Å². The molecule has 1 aliphatic carbocycles. The van der Waals surface area contributed by atoms with E-state index in [2.05, 4.69) is 5.32 Å². The van der Waals surface area contributed by atoms with Gasteiger partial charge in [-0.2, -0.15) is 13.2 Å². The maximum atomic E-state index is 13.6. The third kappa shape index (κ3) is 4.97. The molecule has 1 aromatic heterocycles. The monoisotopic (exact) mass is 468 g/mol. The average Bonchev–Trinajstić information content (AvgIpc) is 3.03. The molecule has 6 nitrogen and oxygen atoms in total. The van der Waals surface area contributed by atoms with E-state index in [1.54, 1.807) is 13.0 Å². The first-order valence-corrected chi connectivity index (χ1v) is 11.7. The van der Waals surface area contributed by atoms with Crippen molar-refractivity contribution in [1.29, 1.82) is 0 Å². The maximum absolute atomic E-state index is 13.6. The van der Waals surface area contributed by atoms with E-state index in [4.69, 9.17) is 0 Å². The lowest BCUT2D eigenvalue weighted by Gasteiger charge is -2.20. The summed E-state index contributed by atoms with van der Waals surface area (Å²) in [6, 6.07) is 5.58. The summed E-state index contributed by atoms with van der Waals surface area (Å²) in [5.74, 6) is -0.554. The van der Waals surface area contributed by atoms with Gasteiger partial charge in [-0.15, -0.1) is 0 Å². The van der Waals surface area contributed by atoms with Gasteiger partial charge in [0.1, 0.15) is 0 Å². The molecule has 2 aromatic rings. The number of alkyl halides is 3. The largest absolute Gasteiger partial charge is 0.413 e. The first kappa shape index (κ1) is 23.8. The molecular formula is C22H23F3N2O4S. The van der Waals surface area contributed by atoms with Crippen LogP contribution >= 0.6 is 0 Å². The van der Waals surface area contributed by atoms with Gasteiger partial charge >= 0.3 is 6.18 Å². The Labute approximate surface area is 184 Å². The third-order valence-electron chi connectivity index (χ3n) is 5.23. The Morgan fingerprint density at radius 2 is 1.88 bits per heavy atom. The molecule has 0 unspecified atom stereocenters. The molecule has 0 saturated heterocycles. The zero-order valence-electron chi connectivity index (χ0n) is 17.5. The lowest BCUT2D eigenvalue weighted by atomic mass is 9.92. The number of anilines is 1. The lowest BCUT2D eigenvalue weighted by molar-refractivity contribution is -0.0933. The molecule has 1 aromatic carbocycles. The van der Waals surface area contributed by atoms with Crippen molar-refractivity contribution in [3.05, 3.63) is 65.0 Å². The highest BCUT2D eigenvalue weighted by Gasteiger charge is 2.37. The Morgan fingerprint density at radius 1 is 1.22 bits per heavy atom. The Morgan fingerprint density at radius 3 is 2.44 bits per heavy atom. The summed E-state index contributed by atoms with van der Waals surface area (Å²) >= 11 is 0. The van der Waals surface area contributed by atoms with Crippen LogP contribution in [0.1, 0.15) is 34.5 Å². The number of halogens is 3. The van der Waals surface area contributed by atoms with Gasteiger partial charge in [-0.25, -0.2) is 8.42 Å². The van der Waals surface area contributed by atoms with Crippen LogP contribution in [0.4, 0.5) is 18.9 Å². The van der Waals surface area contributed by atoms with Gasteiger partial charge in [-0.05, 0) is 49.6 Å². The molecular weight excluding hydrogens is 445 g/mol. The van der Waals surface area contributed by atoms with Gasteiger partial charge in [0.05, 0.1) is 22.8 Å². The van der Waals surface area contributed by atoms with Gasteiger partial charge in [-0.1, -0.05) is 12.2 Å². The van der Waals surface area contributed by atoms with Gasteiger partial charge < -0.3 is 15.0 Å². The minimum atomic E-state index is -4.51. The van der Waals surface area contributed by atoms with Crippen LogP contribution in [0.3, 0.4) is 0 Å². The van der Waals surface area contributed by atoms with Crippen LogP contribution in [0.15, 0.2) is 53.1 Å². The molecule has 1 aliphatic rings. The normalized spacial score (nSPS) is 14.7. The number of carbonyl (C=O) groups excluding carboxylic acids is 1. The van der Waals surface area contributed by atoms with Gasteiger partial charge in [0.2, 0.25) is 0 Å². The van der Waals surface area contributed by atoms with E-state index in [1.165, 1.54) is 41.1 Å². The van der Waals surface area contributed by atoms with Crippen molar-refractivity contribution in [2.45, 2.75) is 37.4 Å². The molecule has 0 atom stereocenters. The topological polar surface area (TPSA) is 88.4 Å². The molecule has 0 aliphatic heterocycles. The van der Waals surface area contributed by atoms with Crippen LogP contribution in [0.5, 0.6) is 0 Å². The van der Waals surface area contributed by atoms with E-state index in [-0.39, 0.29) is 47.7 Å². The summed E-state index contributed by atoms with van der Waals surface area (Å²) in [7, 11) is -3.39. The quantitative estimate of drug-likeness (QED) is 0.668. The second kappa shape index (κ2) is 8.95. The van der Waals surface area contributed by atoms with Crippen LogP contribution in [-0.4, -0.2) is 43.0 Å². The molecule has 3 rings (SSSR count). The summed E-state index contributed by atoms with van der Waals surface area (Å²) in [6.45, 7) is 1.27. The highest BCUT2D eigenvalue weighted by molar-refractivity contribution is 7.90. The zero-order chi connectivity index (χ0) is 23.7. The number of aliphatic hydroxyl groups is 1. The van der Waals surface area contributed by atoms with Crippen LogP contribution in [0, 0.1) is 6.92 Å². The fraction of sp³-hybridized carbons (Fsp3) is 0.318. The Balaban J connectivity index is 2.01. The number of allylic oxidation sites excluding steroid dienone is 4. The minimum absolute atomic E-state index is 0.00810. The number of hydrogen-bond donors (Lipinski definition) is 2. The SMILES string of the molecule is Cc1c(C(=O)Nc2ccc(S(C)(=O)=O)cc2)cn(CCO)c1C1=C(C(F)(F)F)CCC=C1. The van der Waals surface area contributed by atoms with Gasteiger partial charge in [0, 0.05) is 35.8 Å². The van der Waals surface area contributed by atoms with E-state index < -0.39 is 27.5 Å². The predicted octanol–water partition coefficient (Wildman–Crippen LogP) is 4.11. The van der Waals surface area contributed by atoms with E-state index in [0.29, 0.717) is 11.3 Å². The summed E-state index contributed by atoms with van der Waals surface area (Å²) in [4.78, 5) is 13.0. The summed E-state index contributed by atoms with van der Waals surface area (Å²) in [5, 5.41) is 12.0. The van der Waals surface area contributed by atoms with Crippen molar-refractivity contribution in [1.82, 2.24) is 4.57 Å². The predicted molar refractivity (Wildman–Crippen MR) is 115 cm³/mol. The number of carbonyl (C=O) groups is 1. The molecule has 0 bridgehead atoms. The summed E-state index contributed by atoms with van der Waals surface area (Å²) in [6.07, 6.45) is 1.16. The number of benzene rings is 1. The van der Waals surface area contributed by atoms with E-state index in [9.17, 15) is 31.5 Å². The number of rotatable bonds is 6. The van der Waals surface area contributed by atoms with Crippen LogP contribution < -0.4 is 5.32 Å². The molecule has 10 heteroatoms. The van der Waals surface area contributed by atoms with Gasteiger partial charge in [0.25, 0.3) is 5.91 Å². The Bertz CT molecular complexity index is 1190. The van der Waals surface area contributed by atoms with Crippen molar-refractivity contribution >= 4 is 27.0 Å². The number of nitrogens with zero attached hydrogens (tertiary/aromatic N) is 1. The number of aliphatic hydroxyl groups excluding tert-OH is 1. The second-order valence-electron chi connectivity index (χ2n) is 7.52. The number of hydrogen-bond acceptors (Lipinski definition) is 4. The maximum Gasteiger partial charge on any atom is 0.413 e. The second-order valence-corrected chi connectivity index (χ2v) is 9.53. The van der Waals surface area contributed by atoms with Gasteiger partial charge in [0.15, 0.2) is 9.84 Å². The van der Waals surface area contributed by atoms with Crippen LogP contribution in [0.2, 0.25) is 0 Å². The molecule has 0 fully saturated rings. The molecule has 1 heterocycles. The first-order valence-electron chi connectivity index (χ1n) is 9.82. The average molecular weight is 468 g/mol. The lowest BCUT2D eigenvalue weighted by Crippen LogP contribution is -2.17. The number of nitrogens with one attached hydrogen (secondary N) is 1. The third-order valence-corrected chi connectivity index (χ3v) is 6.35. The van der Waals surface area contributed by atoms with Crippen molar-refractivity contribution in [2.24, 2.45) is 0 Å². The number of amides is 1. The molecule has 1 amide bonds. The number of sulfone groups is 1. The Kier molecular flexibility index (Phi) is 6.66. The van der Waals surface area contributed by atoms with Crippen molar-refractivity contribution in [3.63, 3.8) is 0 Å². The highest BCUT2D eigenvalue weighted by atomic mass is 32.2. The highest BCUT2D eigenvalue weighted by Crippen LogP contribution is 2.40. The van der Waals surface area contributed by atoms with E-state index in [1.807, 2.05) is 0 Å². The molecule has 0 radical (unpaired) electrons. The molecule has 0 spiro atoms. The van der Waals surface area contributed by atoms with Crippen LogP contribution in [-0.2, 0) is 16.4 Å². The van der Waals surface area contributed by atoms with Gasteiger partial charge in [-0.3, -0.25) is 4.79 Å². The molecule has 32 heavy (non-hydrogen) atoms. The molecule has 2 N–H and O–H groups in total. The zero-order valence-corrected chi connectivity index (χ0v) is 18.3. The smallest absolute Gasteiger partial charge is 0.395 e. The molecule has 0 saturated carbocycles.